The molecule has 3 nitrogen and oxygen atoms in total. The molecule has 2 aromatic heterocycles. The van der Waals surface area contributed by atoms with E-state index in [0.29, 0.717) is 0 Å². The zero-order chi connectivity index (χ0) is 33.7. The van der Waals surface area contributed by atoms with Crippen LogP contribution >= 0.6 is 0 Å². The van der Waals surface area contributed by atoms with Crippen molar-refractivity contribution in [2.75, 3.05) is 5.32 Å². The van der Waals surface area contributed by atoms with Gasteiger partial charge in [0.1, 0.15) is 0 Å². The van der Waals surface area contributed by atoms with Crippen molar-refractivity contribution in [3.05, 3.63) is 194 Å². The van der Waals surface area contributed by atoms with Gasteiger partial charge in [-0.05, 0) is 95.6 Å². The fourth-order valence-corrected chi connectivity index (χ4v) is 7.83. The van der Waals surface area contributed by atoms with Crippen LogP contribution in [-0.4, -0.2) is 9.13 Å². The van der Waals surface area contributed by atoms with Gasteiger partial charge in [0.05, 0.1) is 22.1 Å². The maximum absolute atomic E-state index is 3.73. The molecule has 0 aliphatic heterocycles. The zero-order valence-electron chi connectivity index (χ0n) is 27.9. The maximum atomic E-state index is 3.73. The molecule has 0 saturated carbocycles. The topological polar surface area (TPSA) is 21.9 Å². The van der Waals surface area contributed by atoms with E-state index in [2.05, 4.69) is 209 Å². The van der Waals surface area contributed by atoms with E-state index in [1.54, 1.807) is 0 Å². The molecule has 0 bridgehead atoms. The van der Waals surface area contributed by atoms with Gasteiger partial charge in [-0.25, -0.2) is 0 Å². The Kier molecular flexibility index (Phi) is 6.81. The van der Waals surface area contributed by atoms with E-state index in [1.165, 1.54) is 60.3 Å². The summed E-state index contributed by atoms with van der Waals surface area (Å²) in [5, 5.41) is 8.67. The molecule has 0 spiro atoms. The van der Waals surface area contributed by atoms with Crippen molar-refractivity contribution in [2.45, 2.75) is 0 Å². The summed E-state index contributed by atoms with van der Waals surface area (Å²) in [5.41, 5.74) is 13.9. The molecule has 0 fully saturated rings. The molecule has 0 unspecified atom stereocenters. The van der Waals surface area contributed by atoms with Crippen molar-refractivity contribution < 1.29 is 0 Å². The van der Waals surface area contributed by atoms with Crippen LogP contribution in [0.3, 0.4) is 0 Å². The lowest BCUT2D eigenvalue weighted by atomic mass is 9.91. The van der Waals surface area contributed by atoms with Crippen molar-refractivity contribution in [3.63, 3.8) is 0 Å². The smallest absolute Gasteiger partial charge is 0.0547 e. The molecule has 51 heavy (non-hydrogen) atoms. The molecule has 3 heteroatoms. The molecule has 240 valence electrons. The van der Waals surface area contributed by atoms with Gasteiger partial charge < -0.3 is 14.5 Å². The summed E-state index contributed by atoms with van der Waals surface area (Å²) < 4.78 is 4.79. The third-order valence-electron chi connectivity index (χ3n) is 10.1. The first kappa shape index (κ1) is 29.1. The van der Waals surface area contributed by atoms with Gasteiger partial charge in [-0.2, -0.15) is 0 Å². The summed E-state index contributed by atoms with van der Waals surface area (Å²) >= 11 is 0. The highest BCUT2D eigenvalue weighted by molar-refractivity contribution is 6.15. The lowest BCUT2D eigenvalue weighted by Crippen LogP contribution is -1.96. The summed E-state index contributed by atoms with van der Waals surface area (Å²) in [7, 11) is 0. The van der Waals surface area contributed by atoms with E-state index in [1.807, 2.05) is 0 Å². The first-order valence-corrected chi connectivity index (χ1v) is 17.4. The average molecular weight is 652 g/mol. The van der Waals surface area contributed by atoms with Crippen molar-refractivity contribution in [2.24, 2.45) is 0 Å². The number of rotatable bonds is 6. The summed E-state index contributed by atoms with van der Waals surface area (Å²) in [6.45, 7) is 0. The Hall–Kier alpha value is -6.84. The maximum Gasteiger partial charge on any atom is 0.0547 e. The lowest BCUT2D eigenvalue weighted by molar-refractivity contribution is 1.18. The number of fused-ring (bicyclic) bond motifs is 6. The molecule has 0 saturated heterocycles. The van der Waals surface area contributed by atoms with E-state index >= 15 is 0 Å². The number of hydrogen-bond donors (Lipinski definition) is 1. The predicted octanol–water partition coefficient (Wildman–Crippen LogP) is 13.0. The number of benzene rings is 8. The van der Waals surface area contributed by atoms with Crippen LogP contribution in [0.15, 0.2) is 194 Å². The molecule has 0 radical (unpaired) electrons. The van der Waals surface area contributed by atoms with Crippen LogP contribution in [0.1, 0.15) is 0 Å². The van der Waals surface area contributed by atoms with Gasteiger partial charge in [-0.3, -0.25) is 0 Å². The van der Waals surface area contributed by atoms with Gasteiger partial charge in [-0.1, -0.05) is 115 Å². The summed E-state index contributed by atoms with van der Waals surface area (Å²) in [6.07, 6.45) is 0. The molecule has 0 aliphatic carbocycles. The summed E-state index contributed by atoms with van der Waals surface area (Å²) in [6, 6.07) is 69.8. The fourth-order valence-electron chi connectivity index (χ4n) is 7.83. The normalized spacial score (nSPS) is 11.5. The lowest BCUT2D eigenvalue weighted by Gasteiger charge is -2.17. The summed E-state index contributed by atoms with van der Waals surface area (Å²) in [5.74, 6) is 0. The molecule has 0 amide bonds. The first-order valence-electron chi connectivity index (χ1n) is 17.4. The molecule has 0 atom stereocenters. The largest absolute Gasteiger partial charge is 0.355 e. The van der Waals surface area contributed by atoms with Crippen molar-refractivity contribution in [3.8, 4) is 33.6 Å². The van der Waals surface area contributed by atoms with E-state index in [9.17, 15) is 0 Å². The van der Waals surface area contributed by atoms with Crippen LogP contribution < -0.4 is 5.32 Å². The van der Waals surface area contributed by atoms with Crippen LogP contribution in [0, 0.1) is 0 Å². The quantitative estimate of drug-likeness (QED) is 0.190. The molecule has 2 heterocycles. The Morgan fingerprint density at radius 1 is 0.314 bits per heavy atom. The third kappa shape index (κ3) is 4.82. The number of para-hydroxylation sites is 6. The standard InChI is InChI=1S/C48H33N3/c1-4-16-34(17-5-1)49-44-25-13-10-22-37(44)41-31-43-39-24-12-15-27-46(39)51(36-20-8-3-9-21-36)48(43)32-40(41)33-28-29-47-42(30-33)38-23-11-14-26-45(38)50(47)35-18-6-2-7-19-35/h1-32,49H. The van der Waals surface area contributed by atoms with Crippen LogP contribution in [0.4, 0.5) is 11.4 Å². The minimum Gasteiger partial charge on any atom is -0.355 e. The second-order valence-corrected chi connectivity index (χ2v) is 13.1. The SMILES string of the molecule is c1ccc(Nc2ccccc2-c2cc3c4ccccc4n(-c4ccccc4)c3cc2-c2ccc3c(c2)c2ccccc2n3-c2ccccc2)cc1. The van der Waals surface area contributed by atoms with Crippen LogP contribution in [0.2, 0.25) is 0 Å². The number of anilines is 2. The van der Waals surface area contributed by atoms with E-state index in [-0.39, 0.29) is 0 Å². The molecular formula is C48H33N3. The summed E-state index contributed by atoms with van der Waals surface area (Å²) in [4.78, 5) is 0. The monoisotopic (exact) mass is 651 g/mol. The van der Waals surface area contributed by atoms with Crippen molar-refractivity contribution in [1.29, 1.82) is 0 Å². The molecule has 1 N–H and O–H groups in total. The van der Waals surface area contributed by atoms with E-state index < -0.39 is 0 Å². The Morgan fingerprint density at radius 3 is 1.49 bits per heavy atom. The Bertz CT molecular complexity index is 2860. The van der Waals surface area contributed by atoms with Gasteiger partial charge in [0.2, 0.25) is 0 Å². The highest BCUT2D eigenvalue weighted by Crippen LogP contribution is 2.44. The van der Waals surface area contributed by atoms with Crippen molar-refractivity contribution >= 4 is 55.0 Å². The van der Waals surface area contributed by atoms with Gasteiger partial charge >= 0.3 is 0 Å². The predicted molar refractivity (Wildman–Crippen MR) is 216 cm³/mol. The average Bonchev–Trinajstić information content (AvgIpc) is 3.71. The van der Waals surface area contributed by atoms with Gasteiger partial charge in [-0.15, -0.1) is 0 Å². The van der Waals surface area contributed by atoms with Crippen LogP contribution in [0.25, 0.3) is 77.2 Å². The van der Waals surface area contributed by atoms with Gasteiger partial charge in [0, 0.05) is 49.9 Å². The molecule has 10 aromatic rings. The van der Waals surface area contributed by atoms with Gasteiger partial charge in [0.25, 0.3) is 0 Å². The number of nitrogens with one attached hydrogen (secondary N) is 1. The Balaban J connectivity index is 1.29. The highest BCUT2D eigenvalue weighted by atomic mass is 15.0. The first-order chi connectivity index (χ1) is 25.3. The number of nitrogens with zero attached hydrogens (tertiary/aromatic N) is 2. The minimum atomic E-state index is 1.06. The minimum absolute atomic E-state index is 1.06. The van der Waals surface area contributed by atoms with Crippen molar-refractivity contribution in [1.82, 2.24) is 9.13 Å². The Labute approximate surface area is 296 Å². The molecule has 10 rings (SSSR count). The van der Waals surface area contributed by atoms with E-state index in [4.69, 9.17) is 0 Å². The molecule has 0 aliphatic rings. The fraction of sp³-hybridized carbons (Fsp3) is 0. The zero-order valence-corrected chi connectivity index (χ0v) is 27.9. The Morgan fingerprint density at radius 2 is 0.824 bits per heavy atom. The molecular weight excluding hydrogens is 619 g/mol. The number of hydrogen-bond acceptors (Lipinski definition) is 1. The van der Waals surface area contributed by atoms with E-state index in [0.717, 1.165) is 28.3 Å². The van der Waals surface area contributed by atoms with Gasteiger partial charge in [0.15, 0.2) is 0 Å². The second kappa shape index (κ2) is 11.9. The number of aromatic nitrogens is 2. The second-order valence-electron chi connectivity index (χ2n) is 13.1. The van der Waals surface area contributed by atoms with Crippen LogP contribution in [-0.2, 0) is 0 Å². The van der Waals surface area contributed by atoms with Crippen LogP contribution in [0.5, 0.6) is 0 Å². The molecule has 8 aromatic carbocycles. The third-order valence-corrected chi connectivity index (χ3v) is 10.1. The highest BCUT2D eigenvalue weighted by Gasteiger charge is 2.20.